The van der Waals surface area contributed by atoms with Gasteiger partial charge in [0.05, 0.1) is 24.2 Å². The molecule has 0 fully saturated rings. The van der Waals surface area contributed by atoms with E-state index in [1.165, 1.54) is 0 Å². The number of nitrogens with one attached hydrogen (secondary N) is 1. The van der Waals surface area contributed by atoms with Crippen molar-refractivity contribution in [2.75, 3.05) is 31.1 Å². The molecule has 8 heteroatoms. The summed E-state index contributed by atoms with van der Waals surface area (Å²) >= 11 is 0. The molecule has 0 aromatic heterocycles. The van der Waals surface area contributed by atoms with Gasteiger partial charge in [0, 0.05) is 0 Å². The number of aryl methyl sites for hydroxylation is 1. The molecular weight excluding hydrogens is 464 g/mol. The zero-order chi connectivity index (χ0) is 25.4. The second-order valence-electron chi connectivity index (χ2n) is 8.42. The minimum Gasteiger partial charge on any atom is -0.493 e. The Hall–Kier alpha value is -3.52. The number of para-hydroxylation sites is 2. The van der Waals surface area contributed by atoms with Crippen LogP contribution in [0.5, 0.6) is 11.5 Å². The molecule has 0 unspecified atom stereocenters. The van der Waals surface area contributed by atoms with Crippen molar-refractivity contribution in [3.05, 3.63) is 83.9 Å². The van der Waals surface area contributed by atoms with Gasteiger partial charge < -0.3 is 14.8 Å². The second kappa shape index (κ2) is 11.8. The highest BCUT2D eigenvalue weighted by molar-refractivity contribution is 7.92. The van der Waals surface area contributed by atoms with Crippen LogP contribution in [0.1, 0.15) is 30.9 Å². The summed E-state index contributed by atoms with van der Waals surface area (Å²) in [5, 5.41) is 2.74. The smallest absolute Gasteiger partial charge is 0.264 e. The highest BCUT2D eigenvalue weighted by Crippen LogP contribution is 2.27. The molecule has 0 saturated heterocycles. The molecule has 3 aromatic carbocycles. The summed E-state index contributed by atoms with van der Waals surface area (Å²) in [7, 11) is -2.40. The van der Waals surface area contributed by atoms with Gasteiger partial charge in [0.15, 0.2) is 11.5 Å². The van der Waals surface area contributed by atoms with Crippen molar-refractivity contribution in [1.82, 2.24) is 5.32 Å². The third-order valence-electron chi connectivity index (χ3n) is 5.49. The molecule has 0 aliphatic carbocycles. The molecule has 3 aromatic rings. The topological polar surface area (TPSA) is 84.9 Å². The Kier molecular flexibility index (Phi) is 8.76. The van der Waals surface area contributed by atoms with E-state index < -0.39 is 15.9 Å². The largest absolute Gasteiger partial charge is 0.493 e. The summed E-state index contributed by atoms with van der Waals surface area (Å²) in [6.07, 6.45) is 0. The van der Waals surface area contributed by atoms with Crippen LogP contribution in [0.3, 0.4) is 0 Å². The van der Waals surface area contributed by atoms with E-state index in [9.17, 15) is 13.2 Å². The number of hydrogen-bond donors (Lipinski definition) is 1. The van der Waals surface area contributed by atoms with Gasteiger partial charge in [-0.25, -0.2) is 8.42 Å². The fraction of sp³-hybridized carbons (Fsp3) is 0.296. The molecule has 0 aliphatic rings. The number of carbonyl (C=O) groups is 1. The number of methoxy groups -OCH3 is 1. The Labute approximate surface area is 207 Å². The Balaban J connectivity index is 1.73. The monoisotopic (exact) mass is 496 g/mol. The van der Waals surface area contributed by atoms with Crippen molar-refractivity contribution in [3.8, 4) is 11.5 Å². The molecule has 0 bridgehead atoms. The van der Waals surface area contributed by atoms with Gasteiger partial charge in [0.1, 0.15) is 13.2 Å². The maximum Gasteiger partial charge on any atom is 0.264 e. The number of nitrogens with zero attached hydrogens (tertiary/aromatic N) is 1. The van der Waals surface area contributed by atoms with Crippen molar-refractivity contribution in [1.29, 1.82) is 0 Å². The van der Waals surface area contributed by atoms with E-state index in [-0.39, 0.29) is 24.6 Å². The van der Waals surface area contributed by atoms with Gasteiger partial charge in [-0.3, -0.25) is 9.10 Å². The van der Waals surface area contributed by atoms with Gasteiger partial charge in [0.2, 0.25) is 5.91 Å². The van der Waals surface area contributed by atoms with Gasteiger partial charge in [0.25, 0.3) is 10.0 Å². The van der Waals surface area contributed by atoms with Gasteiger partial charge in [-0.15, -0.1) is 0 Å². The number of rotatable bonds is 11. The molecule has 0 saturated carbocycles. The lowest BCUT2D eigenvalue weighted by Gasteiger charge is -2.24. The predicted molar refractivity (Wildman–Crippen MR) is 138 cm³/mol. The van der Waals surface area contributed by atoms with Crippen molar-refractivity contribution in [3.63, 3.8) is 0 Å². The summed E-state index contributed by atoms with van der Waals surface area (Å²) in [5.41, 5.74) is 2.46. The van der Waals surface area contributed by atoms with Gasteiger partial charge in [-0.1, -0.05) is 55.8 Å². The average molecular weight is 497 g/mol. The van der Waals surface area contributed by atoms with Crippen LogP contribution in [-0.4, -0.2) is 41.1 Å². The molecule has 1 amide bonds. The van der Waals surface area contributed by atoms with Crippen LogP contribution in [0.2, 0.25) is 0 Å². The Morgan fingerprint density at radius 3 is 2.17 bits per heavy atom. The number of anilines is 1. The Morgan fingerprint density at radius 2 is 1.57 bits per heavy atom. The number of hydrogen-bond acceptors (Lipinski definition) is 5. The minimum absolute atomic E-state index is 0.128. The van der Waals surface area contributed by atoms with E-state index in [2.05, 4.69) is 19.2 Å². The van der Waals surface area contributed by atoms with E-state index in [0.29, 0.717) is 23.1 Å². The molecule has 35 heavy (non-hydrogen) atoms. The molecule has 7 nitrogen and oxygen atoms in total. The summed E-state index contributed by atoms with van der Waals surface area (Å²) < 4.78 is 39.0. The number of amides is 1. The van der Waals surface area contributed by atoms with Crippen LogP contribution >= 0.6 is 0 Å². The first-order valence-electron chi connectivity index (χ1n) is 11.4. The molecule has 0 aliphatic heterocycles. The SMILES string of the molecule is COc1ccccc1OCCNC(=O)CN(c1ccc(C(C)C)cc1)S(=O)(=O)c1ccc(C)cc1. The number of benzene rings is 3. The highest BCUT2D eigenvalue weighted by Gasteiger charge is 2.27. The minimum atomic E-state index is -3.96. The number of carbonyl (C=O) groups excluding carboxylic acids is 1. The second-order valence-corrected chi connectivity index (χ2v) is 10.3. The standard InChI is InChI=1S/C27H32N2O5S/c1-20(2)22-11-13-23(14-12-22)29(35(31,32)24-15-9-21(3)10-16-24)19-27(30)28-17-18-34-26-8-6-5-7-25(26)33-4/h5-16,20H,17-19H2,1-4H3,(H,28,30). The third kappa shape index (κ3) is 6.76. The molecule has 0 atom stereocenters. The maximum absolute atomic E-state index is 13.5. The lowest BCUT2D eigenvalue weighted by molar-refractivity contribution is -0.119. The Bertz CT molecular complexity index is 1220. The summed E-state index contributed by atoms with van der Waals surface area (Å²) in [5.74, 6) is 1.03. The van der Waals surface area contributed by atoms with Crippen LogP contribution in [0.15, 0.2) is 77.7 Å². The van der Waals surface area contributed by atoms with E-state index in [1.807, 2.05) is 31.2 Å². The van der Waals surface area contributed by atoms with Crippen molar-refractivity contribution >= 4 is 21.6 Å². The highest BCUT2D eigenvalue weighted by atomic mass is 32.2. The van der Waals surface area contributed by atoms with Crippen LogP contribution in [-0.2, 0) is 14.8 Å². The first-order chi connectivity index (χ1) is 16.7. The van der Waals surface area contributed by atoms with E-state index in [1.54, 1.807) is 55.6 Å². The van der Waals surface area contributed by atoms with Crippen molar-refractivity contribution in [2.45, 2.75) is 31.6 Å². The van der Waals surface area contributed by atoms with Gasteiger partial charge in [-0.05, 0) is 54.8 Å². The van der Waals surface area contributed by atoms with E-state index in [0.717, 1.165) is 15.4 Å². The average Bonchev–Trinajstić information content (AvgIpc) is 2.85. The molecular formula is C27H32N2O5S. The summed E-state index contributed by atoms with van der Waals surface area (Å²) in [4.78, 5) is 12.9. The molecule has 186 valence electrons. The lowest BCUT2D eigenvalue weighted by atomic mass is 10.0. The molecule has 0 spiro atoms. The number of sulfonamides is 1. The van der Waals surface area contributed by atoms with Crippen LogP contribution < -0.4 is 19.1 Å². The molecule has 1 N–H and O–H groups in total. The molecule has 0 radical (unpaired) electrons. The Morgan fingerprint density at radius 1 is 0.943 bits per heavy atom. The normalized spacial score (nSPS) is 11.2. The van der Waals surface area contributed by atoms with E-state index >= 15 is 0 Å². The fourth-order valence-electron chi connectivity index (χ4n) is 3.45. The molecule has 3 rings (SSSR count). The van der Waals surface area contributed by atoms with Gasteiger partial charge >= 0.3 is 0 Å². The van der Waals surface area contributed by atoms with Gasteiger partial charge in [-0.2, -0.15) is 0 Å². The zero-order valence-electron chi connectivity index (χ0n) is 20.5. The van der Waals surface area contributed by atoms with Crippen LogP contribution in [0.25, 0.3) is 0 Å². The lowest BCUT2D eigenvalue weighted by Crippen LogP contribution is -2.42. The third-order valence-corrected chi connectivity index (χ3v) is 7.28. The summed E-state index contributed by atoms with van der Waals surface area (Å²) in [6.45, 7) is 6.08. The first-order valence-corrected chi connectivity index (χ1v) is 12.9. The quantitative estimate of drug-likeness (QED) is 0.395. The zero-order valence-corrected chi connectivity index (χ0v) is 21.3. The van der Waals surface area contributed by atoms with Crippen LogP contribution in [0.4, 0.5) is 5.69 Å². The van der Waals surface area contributed by atoms with Crippen molar-refractivity contribution in [2.24, 2.45) is 0 Å². The number of ether oxygens (including phenoxy) is 2. The fourth-order valence-corrected chi connectivity index (χ4v) is 4.87. The van der Waals surface area contributed by atoms with E-state index in [4.69, 9.17) is 9.47 Å². The predicted octanol–water partition coefficient (Wildman–Crippen LogP) is 4.52. The van der Waals surface area contributed by atoms with Crippen LogP contribution in [0, 0.1) is 6.92 Å². The van der Waals surface area contributed by atoms with Crippen molar-refractivity contribution < 1.29 is 22.7 Å². The summed E-state index contributed by atoms with van der Waals surface area (Å²) in [6, 6.07) is 21.1. The first kappa shape index (κ1) is 26.1. The molecule has 0 heterocycles. The maximum atomic E-state index is 13.5.